The molecule has 0 saturated carbocycles. The first-order valence-corrected chi connectivity index (χ1v) is 13.9. The number of fused-ring (bicyclic) bond motifs is 1. The van der Waals surface area contributed by atoms with Gasteiger partial charge in [-0.2, -0.15) is 0 Å². The summed E-state index contributed by atoms with van der Waals surface area (Å²) in [6.45, 7) is 4.00. The number of thiazole rings is 1. The molecule has 1 aliphatic heterocycles. The summed E-state index contributed by atoms with van der Waals surface area (Å²) >= 11 is 7.36. The molecule has 2 heterocycles. The second-order valence-corrected chi connectivity index (χ2v) is 10.5. The van der Waals surface area contributed by atoms with Crippen LogP contribution in [0.5, 0.6) is 11.5 Å². The lowest BCUT2D eigenvalue weighted by Crippen LogP contribution is -2.39. The van der Waals surface area contributed by atoms with Crippen molar-refractivity contribution in [1.29, 1.82) is 0 Å². The normalized spacial score (nSPS) is 14.9. The van der Waals surface area contributed by atoms with E-state index in [0.717, 1.165) is 16.7 Å². The van der Waals surface area contributed by atoms with Gasteiger partial charge in [0.2, 0.25) is 0 Å². The van der Waals surface area contributed by atoms with E-state index < -0.39 is 12.0 Å². The molecule has 0 bridgehead atoms. The van der Waals surface area contributed by atoms with E-state index in [9.17, 15) is 9.59 Å². The quantitative estimate of drug-likeness (QED) is 0.276. The fourth-order valence-corrected chi connectivity index (χ4v) is 5.84. The number of halogens is 1. The fourth-order valence-electron chi connectivity index (χ4n) is 4.61. The Kier molecular flexibility index (Phi) is 8.19. The molecule has 9 heteroatoms. The van der Waals surface area contributed by atoms with E-state index in [1.165, 1.54) is 11.3 Å². The molecule has 0 saturated heterocycles. The van der Waals surface area contributed by atoms with E-state index >= 15 is 0 Å². The van der Waals surface area contributed by atoms with Crippen molar-refractivity contribution >= 4 is 35.0 Å². The van der Waals surface area contributed by atoms with Crippen LogP contribution in [0, 0.1) is 0 Å². The van der Waals surface area contributed by atoms with E-state index in [1.807, 2.05) is 66.7 Å². The number of carbonyl (C=O) groups excluding carboxylic acids is 1. The Morgan fingerprint density at radius 3 is 2.62 bits per heavy atom. The van der Waals surface area contributed by atoms with Crippen molar-refractivity contribution in [2.75, 3.05) is 13.7 Å². The van der Waals surface area contributed by atoms with Gasteiger partial charge in [0.05, 0.1) is 35.6 Å². The molecule has 5 rings (SSSR count). The maximum absolute atomic E-state index is 13.8. The van der Waals surface area contributed by atoms with Crippen LogP contribution in [0.1, 0.15) is 36.6 Å². The maximum atomic E-state index is 13.8. The topological polar surface area (TPSA) is 79.1 Å². The van der Waals surface area contributed by atoms with Gasteiger partial charge in [0.15, 0.2) is 4.80 Å². The molecular weight excluding hydrogens is 548 g/mol. The zero-order chi connectivity index (χ0) is 28.2. The van der Waals surface area contributed by atoms with E-state index in [2.05, 4.69) is 4.99 Å². The Bertz CT molecular complexity index is 1780. The highest BCUT2D eigenvalue weighted by Crippen LogP contribution is 2.30. The van der Waals surface area contributed by atoms with Gasteiger partial charge in [0.25, 0.3) is 5.56 Å². The minimum atomic E-state index is -0.642. The van der Waals surface area contributed by atoms with Gasteiger partial charge < -0.3 is 14.2 Å². The number of hydrogen-bond donors (Lipinski definition) is 0. The molecule has 3 aromatic carbocycles. The number of rotatable bonds is 8. The van der Waals surface area contributed by atoms with E-state index in [-0.39, 0.29) is 18.8 Å². The number of methoxy groups -OCH3 is 1. The lowest BCUT2D eigenvalue weighted by molar-refractivity contribution is -0.139. The van der Waals surface area contributed by atoms with E-state index in [4.69, 9.17) is 25.8 Å². The van der Waals surface area contributed by atoms with Crippen molar-refractivity contribution in [3.8, 4) is 11.5 Å². The van der Waals surface area contributed by atoms with Crippen molar-refractivity contribution < 1.29 is 19.0 Å². The number of hydrogen-bond acceptors (Lipinski definition) is 7. The molecule has 0 amide bonds. The molecule has 0 radical (unpaired) electrons. The first-order valence-electron chi connectivity index (χ1n) is 12.7. The second kappa shape index (κ2) is 11.9. The number of nitrogens with zero attached hydrogens (tertiary/aromatic N) is 2. The van der Waals surface area contributed by atoms with Gasteiger partial charge in [0.1, 0.15) is 18.1 Å². The van der Waals surface area contributed by atoms with Gasteiger partial charge >= 0.3 is 5.97 Å². The molecule has 1 aromatic heterocycles. The number of ether oxygens (including phenoxy) is 3. The maximum Gasteiger partial charge on any atom is 0.338 e. The van der Waals surface area contributed by atoms with Crippen molar-refractivity contribution in [3.05, 3.63) is 125 Å². The molecule has 1 atom stereocenters. The van der Waals surface area contributed by atoms with Gasteiger partial charge in [-0.05, 0) is 61.4 Å². The highest BCUT2D eigenvalue weighted by atomic mass is 35.5. The molecule has 0 N–H and O–H groups in total. The number of allylic oxidation sites excluding steroid dienone is 1. The standard InChI is InChI=1S/C31H27ClN2O5S/c1-4-38-30(36)27-19(2)33-31-34(28(27)21-9-6-5-7-10-21)29(35)26(40-31)16-20-13-14-25(37-3)22(15-20)18-39-24-12-8-11-23(32)17-24/h5-17,28H,4,18H2,1-3H3/b26-16+/t28-/m1/s1. The van der Waals surface area contributed by atoms with Crippen LogP contribution in [-0.2, 0) is 16.1 Å². The van der Waals surface area contributed by atoms with Crippen LogP contribution < -0.4 is 24.4 Å². The highest BCUT2D eigenvalue weighted by Gasteiger charge is 2.33. The highest BCUT2D eigenvalue weighted by molar-refractivity contribution is 7.07. The summed E-state index contributed by atoms with van der Waals surface area (Å²) in [6.07, 6.45) is 1.82. The third-order valence-corrected chi connectivity index (χ3v) is 7.64. The summed E-state index contributed by atoms with van der Waals surface area (Å²) in [6, 6.07) is 21.6. The lowest BCUT2D eigenvalue weighted by Gasteiger charge is -2.24. The Hall–Kier alpha value is -4.14. The third kappa shape index (κ3) is 5.59. The lowest BCUT2D eigenvalue weighted by atomic mass is 9.96. The summed E-state index contributed by atoms with van der Waals surface area (Å²) < 4.78 is 18.9. The van der Waals surface area contributed by atoms with Crippen molar-refractivity contribution in [2.24, 2.45) is 4.99 Å². The van der Waals surface area contributed by atoms with Gasteiger partial charge in [-0.15, -0.1) is 0 Å². The molecule has 7 nitrogen and oxygen atoms in total. The average Bonchev–Trinajstić information content (AvgIpc) is 3.25. The molecule has 40 heavy (non-hydrogen) atoms. The summed E-state index contributed by atoms with van der Waals surface area (Å²) in [5.74, 6) is 0.827. The van der Waals surface area contributed by atoms with Crippen LogP contribution in [0.15, 0.2) is 93.9 Å². The van der Waals surface area contributed by atoms with E-state index in [1.54, 1.807) is 37.7 Å². The zero-order valence-electron chi connectivity index (χ0n) is 22.2. The molecular formula is C31H27ClN2O5S. The predicted octanol–water partition coefficient (Wildman–Crippen LogP) is 5.04. The van der Waals surface area contributed by atoms with E-state index in [0.29, 0.717) is 37.1 Å². The van der Waals surface area contributed by atoms with Crippen LogP contribution in [0.4, 0.5) is 0 Å². The van der Waals surface area contributed by atoms with Crippen LogP contribution in [0.25, 0.3) is 6.08 Å². The SMILES string of the molecule is CCOC(=O)C1=C(C)N=c2s/c(=C/c3ccc(OC)c(COc4cccc(Cl)c4)c3)c(=O)n2[C@@H]1c1ccccc1. The largest absolute Gasteiger partial charge is 0.496 e. The number of esters is 1. The van der Waals surface area contributed by atoms with Gasteiger partial charge in [-0.3, -0.25) is 9.36 Å². The average molecular weight is 575 g/mol. The van der Waals surface area contributed by atoms with Crippen LogP contribution in [0.3, 0.4) is 0 Å². The number of benzene rings is 3. The van der Waals surface area contributed by atoms with Crippen molar-refractivity contribution in [2.45, 2.75) is 26.5 Å². The van der Waals surface area contributed by atoms with Crippen LogP contribution >= 0.6 is 22.9 Å². The monoisotopic (exact) mass is 574 g/mol. The first-order chi connectivity index (χ1) is 19.4. The summed E-state index contributed by atoms with van der Waals surface area (Å²) in [7, 11) is 1.60. The predicted molar refractivity (Wildman–Crippen MR) is 156 cm³/mol. The Balaban J connectivity index is 1.57. The Morgan fingerprint density at radius 1 is 1.10 bits per heavy atom. The van der Waals surface area contributed by atoms with Gasteiger partial charge in [-0.1, -0.05) is 65.4 Å². The van der Waals surface area contributed by atoms with Gasteiger partial charge in [-0.25, -0.2) is 9.79 Å². The molecule has 0 unspecified atom stereocenters. The summed E-state index contributed by atoms with van der Waals surface area (Å²) in [4.78, 5) is 32.0. The molecule has 204 valence electrons. The third-order valence-electron chi connectivity index (χ3n) is 6.42. The molecule has 0 fully saturated rings. The van der Waals surface area contributed by atoms with Gasteiger partial charge in [0, 0.05) is 10.6 Å². The smallest absolute Gasteiger partial charge is 0.338 e. The summed E-state index contributed by atoms with van der Waals surface area (Å²) in [5.41, 5.74) is 3.07. The first kappa shape index (κ1) is 27.4. The van der Waals surface area contributed by atoms with Crippen molar-refractivity contribution in [3.63, 3.8) is 0 Å². The second-order valence-electron chi connectivity index (χ2n) is 9.03. The zero-order valence-corrected chi connectivity index (χ0v) is 23.8. The van der Waals surface area contributed by atoms with Crippen LogP contribution in [-0.4, -0.2) is 24.3 Å². The summed E-state index contributed by atoms with van der Waals surface area (Å²) in [5, 5.41) is 0.587. The number of aromatic nitrogens is 1. The molecule has 0 aliphatic carbocycles. The van der Waals surface area contributed by atoms with Crippen LogP contribution in [0.2, 0.25) is 5.02 Å². The molecule has 0 spiro atoms. The molecule has 4 aromatic rings. The number of carbonyl (C=O) groups is 1. The Morgan fingerprint density at radius 2 is 1.90 bits per heavy atom. The Labute approximate surface area is 240 Å². The minimum absolute atomic E-state index is 0.225. The van der Waals surface area contributed by atoms with Crippen molar-refractivity contribution in [1.82, 2.24) is 4.57 Å². The minimum Gasteiger partial charge on any atom is -0.496 e. The fraction of sp³-hybridized carbons (Fsp3) is 0.194. The molecule has 1 aliphatic rings.